The smallest absolute Gasteiger partial charge is 0.308 e. The summed E-state index contributed by atoms with van der Waals surface area (Å²) in [5.41, 5.74) is 3.01. The number of ether oxygens (including phenoxy) is 1. The third-order valence-electron chi connectivity index (χ3n) is 7.18. The van der Waals surface area contributed by atoms with Crippen LogP contribution in [0.3, 0.4) is 0 Å². The van der Waals surface area contributed by atoms with E-state index in [4.69, 9.17) is 4.74 Å². The van der Waals surface area contributed by atoms with Gasteiger partial charge in [-0.1, -0.05) is 71.1 Å². The Balaban J connectivity index is 1.38. The number of amides is 3. The summed E-state index contributed by atoms with van der Waals surface area (Å²) in [6.45, 7) is 1.76. The van der Waals surface area contributed by atoms with Gasteiger partial charge in [0.15, 0.2) is 0 Å². The molecular weight excluding hydrogens is 546 g/mol. The van der Waals surface area contributed by atoms with Crippen LogP contribution in [0, 0.1) is 12.8 Å². The number of hydrogen-bond acceptors (Lipinski definition) is 7. The summed E-state index contributed by atoms with van der Waals surface area (Å²) in [6, 6.07) is 23.7. The van der Waals surface area contributed by atoms with E-state index in [0.29, 0.717) is 27.0 Å². The largest absolute Gasteiger partial charge is 0.497 e. The van der Waals surface area contributed by atoms with Crippen molar-refractivity contribution in [2.24, 2.45) is 5.92 Å². The Labute approximate surface area is 238 Å². The van der Waals surface area contributed by atoms with Crippen molar-refractivity contribution in [2.75, 3.05) is 17.3 Å². The number of rotatable bonds is 6. The summed E-state index contributed by atoms with van der Waals surface area (Å²) in [4.78, 5) is 55.5. The standard InChI is InChI=1S/C30H25N3O5S2/c1-17-8-10-19(11-9-17)31-22(34)16-32-29-26(40-30(32)37)23(18-6-4-3-5-7-18)24-25(39-29)28(36)33(27(24)35)20-12-14-21(38-2)15-13-20/h3-15,23-25H,16H2,1-2H3,(H,31,34)/t23-,24?,25?/m1/s1. The molecule has 0 aliphatic carbocycles. The first-order valence-corrected chi connectivity index (χ1v) is 14.4. The second-order valence-corrected chi connectivity index (χ2v) is 11.8. The molecule has 3 amide bonds. The number of aromatic nitrogens is 1. The molecule has 1 N–H and O–H groups in total. The highest BCUT2D eigenvalue weighted by Crippen LogP contribution is 2.53. The van der Waals surface area contributed by atoms with E-state index >= 15 is 0 Å². The monoisotopic (exact) mass is 571 g/mol. The van der Waals surface area contributed by atoms with Gasteiger partial charge in [-0.25, -0.2) is 4.90 Å². The Hall–Kier alpha value is -4.15. The van der Waals surface area contributed by atoms with Gasteiger partial charge in [-0.15, -0.1) is 0 Å². The zero-order valence-electron chi connectivity index (χ0n) is 21.7. The van der Waals surface area contributed by atoms with Crippen molar-refractivity contribution in [3.8, 4) is 5.75 Å². The van der Waals surface area contributed by atoms with Gasteiger partial charge in [0.05, 0.1) is 23.7 Å². The lowest BCUT2D eigenvalue weighted by atomic mass is 9.83. The lowest BCUT2D eigenvalue weighted by Crippen LogP contribution is -2.33. The average Bonchev–Trinajstić information content (AvgIpc) is 3.41. The zero-order valence-corrected chi connectivity index (χ0v) is 23.3. The highest BCUT2D eigenvalue weighted by atomic mass is 32.2. The average molecular weight is 572 g/mol. The number of fused-ring (bicyclic) bond motifs is 2. The molecule has 6 rings (SSSR count). The number of methoxy groups -OCH3 is 1. The van der Waals surface area contributed by atoms with Crippen molar-refractivity contribution in [3.05, 3.63) is 105 Å². The minimum absolute atomic E-state index is 0.200. The maximum absolute atomic E-state index is 13.9. The van der Waals surface area contributed by atoms with Gasteiger partial charge in [0.1, 0.15) is 17.5 Å². The molecule has 2 aliphatic rings. The van der Waals surface area contributed by atoms with Gasteiger partial charge in [-0.2, -0.15) is 0 Å². The minimum Gasteiger partial charge on any atom is -0.497 e. The number of aryl methyl sites for hydroxylation is 1. The number of thioether (sulfide) groups is 1. The topological polar surface area (TPSA) is 97.7 Å². The van der Waals surface area contributed by atoms with Gasteiger partial charge in [0.25, 0.3) is 0 Å². The first-order valence-electron chi connectivity index (χ1n) is 12.7. The molecule has 40 heavy (non-hydrogen) atoms. The summed E-state index contributed by atoms with van der Waals surface area (Å²) in [5, 5.41) is 2.66. The number of nitrogens with one attached hydrogen (secondary N) is 1. The molecule has 3 aromatic carbocycles. The summed E-state index contributed by atoms with van der Waals surface area (Å²) >= 11 is 2.23. The van der Waals surface area contributed by atoms with Gasteiger partial charge >= 0.3 is 4.87 Å². The SMILES string of the molecule is COc1ccc(N2C(=O)C3Sc4c(sc(=O)n4CC(=O)Nc4ccc(C)cc4)[C@H](c4ccccc4)C3C2=O)cc1. The summed E-state index contributed by atoms with van der Waals surface area (Å²) in [5.74, 6) is -1.57. The van der Waals surface area contributed by atoms with Crippen LogP contribution in [-0.4, -0.2) is 34.6 Å². The van der Waals surface area contributed by atoms with Crippen LogP contribution in [-0.2, 0) is 20.9 Å². The molecule has 0 radical (unpaired) electrons. The third kappa shape index (κ3) is 4.52. The quantitative estimate of drug-likeness (QED) is 0.338. The maximum atomic E-state index is 13.9. The maximum Gasteiger partial charge on any atom is 0.308 e. The van der Waals surface area contributed by atoms with Crippen LogP contribution in [0.15, 0.2) is 88.7 Å². The molecule has 1 fully saturated rings. The van der Waals surface area contributed by atoms with Gasteiger partial charge in [0.2, 0.25) is 17.7 Å². The van der Waals surface area contributed by atoms with Crippen LogP contribution in [0.1, 0.15) is 21.9 Å². The fourth-order valence-electron chi connectivity index (χ4n) is 5.24. The zero-order chi connectivity index (χ0) is 28.0. The van der Waals surface area contributed by atoms with E-state index in [1.54, 1.807) is 43.5 Å². The second kappa shape index (κ2) is 10.4. The van der Waals surface area contributed by atoms with Crippen LogP contribution in [0.4, 0.5) is 11.4 Å². The van der Waals surface area contributed by atoms with Crippen molar-refractivity contribution in [1.82, 2.24) is 4.57 Å². The van der Waals surface area contributed by atoms with Crippen molar-refractivity contribution in [2.45, 2.75) is 29.7 Å². The van der Waals surface area contributed by atoms with Gasteiger partial charge in [-0.3, -0.25) is 23.7 Å². The fourth-order valence-corrected chi connectivity index (χ4v) is 8.01. The van der Waals surface area contributed by atoms with E-state index in [2.05, 4.69) is 5.32 Å². The molecule has 2 aliphatic heterocycles. The molecule has 1 aromatic heterocycles. The van der Waals surface area contributed by atoms with Crippen LogP contribution < -0.4 is 19.8 Å². The predicted molar refractivity (Wildman–Crippen MR) is 155 cm³/mol. The normalized spacial score (nSPS) is 19.8. The molecule has 202 valence electrons. The molecule has 3 atom stereocenters. The van der Waals surface area contributed by atoms with E-state index in [1.807, 2.05) is 49.4 Å². The molecule has 0 spiro atoms. The molecule has 10 heteroatoms. The molecule has 0 saturated carbocycles. The number of anilines is 2. The third-order valence-corrected chi connectivity index (χ3v) is 9.78. The Morgan fingerprint density at radius 1 is 0.925 bits per heavy atom. The second-order valence-electron chi connectivity index (χ2n) is 9.70. The van der Waals surface area contributed by atoms with Gasteiger partial charge in [0, 0.05) is 16.5 Å². The van der Waals surface area contributed by atoms with Crippen molar-refractivity contribution < 1.29 is 19.1 Å². The molecule has 0 bridgehead atoms. The molecule has 1 saturated heterocycles. The molecular formula is C30H25N3O5S2. The Morgan fingerprint density at radius 2 is 1.62 bits per heavy atom. The minimum atomic E-state index is -0.743. The lowest BCUT2D eigenvalue weighted by Gasteiger charge is -2.30. The molecule has 3 heterocycles. The summed E-state index contributed by atoms with van der Waals surface area (Å²) < 4.78 is 6.65. The number of hydrogen-bond donors (Lipinski definition) is 1. The summed E-state index contributed by atoms with van der Waals surface area (Å²) in [7, 11) is 1.55. The van der Waals surface area contributed by atoms with Crippen molar-refractivity contribution in [3.63, 3.8) is 0 Å². The Morgan fingerprint density at radius 3 is 2.30 bits per heavy atom. The number of carbonyl (C=O) groups is 3. The van der Waals surface area contributed by atoms with E-state index in [0.717, 1.165) is 22.5 Å². The van der Waals surface area contributed by atoms with Gasteiger partial charge in [-0.05, 0) is 48.9 Å². The first kappa shape index (κ1) is 26.1. The highest BCUT2D eigenvalue weighted by molar-refractivity contribution is 8.00. The summed E-state index contributed by atoms with van der Waals surface area (Å²) in [6.07, 6.45) is 0. The Bertz CT molecular complexity index is 1660. The van der Waals surface area contributed by atoms with Crippen LogP contribution in [0.25, 0.3) is 0 Å². The number of thiazole rings is 1. The molecule has 2 unspecified atom stereocenters. The lowest BCUT2D eigenvalue weighted by molar-refractivity contribution is -0.122. The number of carbonyl (C=O) groups excluding carboxylic acids is 3. The molecule has 8 nitrogen and oxygen atoms in total. The Kier molecular flexibility index (Phi) is 6.81. The highest BCUT2D eigenvalue weighted by Gasteiger charge is 2.56. The van der Waals surface area contributed by atoms with E-state index in [-0.39, 0.29) is 29.1 Å². The fraction of sp³-hybridized carbons (Fsp3) is 0.200. The van der Waals surface area contributed by atoms with Crippen molar-refractivity contribution >= 4 is 52.2 Å². The van der Waals surface area contributed by atoms with Crippen LogP contribution in [0.2, 0.25) is 0 Å². The predicted octanol–water partition coefficient (Wildman–Crippen LogP) is 4.66. The van der Waals surface area contributed by atoms with Crippen molar-refractivity contribution in [1.29, 1.82) is 0 Å². The van der Waals surface area contributed by atoms with E-state index < -0.39 is 17.1 Å². The van der Waals surface area contributed by atoms with E-state index in [1.165, 1.54) is 21.2 Å². The number of benzene rings is 3. The number of imide groups is 1. The van der Waals surface area contributed by atoms with Crippen LogP contribution >= 0.6 is 23.1 Å². The first-order chi connectivity index (χ1) is 19.4. The van der Waals surface area contributed by atoms with Gasteiger partial charge < -0.3 is 10.1 Å². The number of nitrogens with zero attached hydrogens (tertiary/aromatic N) is 2. The van der Waals surface area contributed by atoms with E-state index in [9.17, 15) is 19.2 Å². The molecule has 4 aromatic rings. The van der Waals surface area contributed by atoms with Crippen LogP contribution in [0.5, 0.6) is 5.75 Å².